The first-order valence-electron chi connectivity index (χ1n) is 5.73. The second kappa shape index (κ2) is 4.66. The van der Waals surface area contributed by atoms with Gasteiger partial charge < -0.3 is 5.32 Å². The molecule has 0 amide bonds. The van der Waals surface area contributed by atoms with Gasteiger partial charge in [0, 0.05) is 11.1 Å². The maximum absolute atomic E-state index is 4.54. The largest absolute Gasteiger partial charge is 0.378 e. The van der Waals surface area contributed by atoms with Gasteiger partial charge in [-0.05, 0) is 31.4 Å². The van der Waals surface area contributed by atoms with E-state index in [4.69, 9.17) is 0 Å². The number of anilines is 1. The van der Waals surface area contributed by atoms with Gasteiger partial charge >= 0.3 is 0 Å². The number of aromatic nitrogens is 2. The van der Waals surface area contributed by atoms with Crippen molar-refractivity contribution in [2.24, 2.45) is 0 Å². The maximum Gasteiger partial charge on any atom is 0.0900 e. The highest BCUT2D eigenvalue weighted by Gasteiger charge is 2.06. The summed E-state index contributed by atoms with van der Waals surface area (Å²) in [5.74, 6) is 0. The van der Waals surface area contributed by atoms with Crippen molar-refractivity contribution < 1.29 is 0 Å². The lowest BCUT2D eigenvalue weighted by molar-refractivity contribution is 1.04. The molecule has 0 bridgehead atoms. The summed E-state index contributed by atoms with van der Waals surface area (Å²) in [6.45, 7) is 4.94. The van der Waals surface area contributed by atoms with Crippen molar-refractivity contribution >= 4 is 38.6 Å². The van der Waals surface area contributed by atoms with E-state index in [-0.39, 0.29) is 0 Å². The summed E-state index contributed by atoms with van der Waals surface area (Å²) in [6, 6.07) is 4.07. The number of rotatable bonds is 3. The summed E-state index contributed by atoms with van der Waals surface area (Å²) in [7, 11) is 0. The van der Waals surface area contributed by atoms with Crippen molar-refractivity contribution in [2.75, 3.05) is 5.32 Å². The molecular formula is C13H13N3S2. The molecule has 3 rings (SSSR count). The molecule has 0 aromatic carbocycles. The molecule has 3 aromatic heterocycles. The topological polar surface area (TPSA) is 37.8 Å². The molecule has 5 heteroatoms. The third kappa shape index (κ3) is 2.11. The number of hydrogen-bond donors (Lipinski definition) is 1. The van der Waals surface area contributed by atoms with E-state index in [9.17, 15) is 0 Å². The minimum atomic E-state index is 0.771. The molecular weight excluding hydrogens is 262 g/mol. The van der Waals surface area contributed by atoms with Gasteiger partial charge in [-0.25, -0.2) is 4.98 Å². The van der Waals surface area contributed by atoms with Crippen LogP contribution in [0.3, 0.4) is 0 Å². The third-order valence-electron chi connectivity index (χ3n) is 2.79. The molecule has 3 aromatic rings. The van der Waals surface area contributed by atoms with Gasteiger partial charge in [-0.1, -0.05) is 0 Å². The second-order valence-corrected chi connectivity index (χ2v) is 6.41. The molecule has 0 aliphatic heterocycles. The summed E-state index contributed by atoms with van der Waals surface area (Å²) in [6.07, 6.45) is 1.84. The van der Waals surface area contributed by atoms with E-state index in [1.807, 2.05) is 25.3 Å². The third-order valence-corrected chi connectivity index (χ3v) is 4.66. The number of nitrogens with zero attached hydrogens (tertiary/aromatic N) is 2. The van der Waals surface area contributed by atoms with Gasteiger partial charge in [0.25, 0.3) is 0 Å². The number of thiazole rings is 1. The fourth-order valence-corrected chi connectivity index (χ4v) is 3.60. The summed E-state index contributed by atoms with van der Waals surface area (Å²) >= 11 is 3.46. The molecule has 0 unspecified atom stereocenters. The molecule has 0 radical (unpaired) electrons. The van der Waals surface area contributed by atoms with Crippen LogP contribution in [0.1, 0.15) is 15.6 Å². The number of hydrogen-bond acceptors (Lipinski definition) is 5. The molecule has 1 N–H and O–H groups in total. The first kappa shape index (κ1) is 11.6. The first-order valence-corrected chi connectivity index (χ1v) is 7.42. The normalized spacial score (nSPS) is 11.0. The number of pyridine rings is 1. The Bertz CT molecular complexity index is 684. The van der Waals surface area contributed by atoms with E-state index in [1.54, 1.807) is 22.7 Å². The van der Waals surface area contributed by atoms with Gasteiger partial charge in [-0.3, -0.25) is 4.98 Å². The Kier molecular flexibility index (Phi) is 3.01. The van der Waals surface area contributed by atoms with Gasteiger partial charge in [-0.15, -0.1) is 22.7 Å². The van der Waals surface area contributed by atoms with E-state index in [1.165, 1.54) is 9.58 Å². The highest BCUT2D eigenvalue weighted by molar-refractivity contribution is 7.17. The van der Waals surface area contributed by atoms with Crippen LogP contribution in [0.4, 0.5) is 5.69 Å². The van der Waals surface area contributed by atoms with E-state index >= 15 is 0 Å². The molecule has 0 atom stereocenters. The molecule has 0 saturated heterocycles. The predicted molar refractivity (Wildman–Crippen MR) is 78.5 cm³/mol. The van der Waals surface area contributed by atoms with Crippen molar-refractivity contribution in [2.45, 2.75) is 20.4 Å². The van der Waals surface area contributed by atoms with Crippen molar-refractivity contribution in [1.29, 1.82) is 0 Å². The van der Waals surface area contributed by atoms with Crippen LogP contribution in [-0.2, 0) is 6.54 Å². The highest BCUT2D eigenvalue weighted by atomic mass is 32.1. The van der Waals surface area contributed by atoms with E-state index < -0.39 is 0 Å². The van der Waals surface area contributed by atoms with Crippen LogP contribution in [0.5, 0.6) is 0 Å². The Morgan fingerprint density at radius 3 is 2.94 bits per heavy atom. The Hall–Kier alpha value is -1.46. The van der Waals surface area contributed by atoms with Crippen LogP contribution in [-0.4, -0.2) is 9.97 Å². The van der Waals surface area contributed by atoms with Crippen LogP contribution in [0, 0.1) is 13.8 Å². The number of aryl methyl sites for hydroxylation is 2. The lowest BCUT2D eigenvalue weighted by Crippen LogP contribution is -2.01. The highest BCUT2D eigenvalue weighted by Crippen LogP contribution is 2.27. The monoisotopic (exact) mass is 275 g/mol. The molecule has 0 saturated carbocycles. The molecule has 3 heterocycles. The molecule has 18 heavy (non-hydrogen) atoms. The van der Waals surface area contributed by atoms with Crippen LogP contribution in [0.15, 0.2) is 23.7 Å². The van der Waals surface area contributed by atoms with Gasteiger partial charge in [0.2, 0.25) is 0 Å². The van der Waals surface area contributed by atoms with Crippen LogP contribution >= 0.6 is 22.7 Å². The Morgan fingerprint density at radius 2 is 2.17 bits per heavy atom. The minimum Gasteiger partial charge on any atom is -0.378 e. The maximum atomic E-state index is 4.54. The van der Waals surface area contributed by atoms with Crippen LogP contribution < -0.4 is 5.32 Å². The predicted octanol–water partition coefficient (Wildman–Crippen LogP) is 3.98. The number of thiophene rings is 1. The SMILES string of the molecule is Cc1nc(CNc2ccnc3ccsc23)c(C)s1. The zero-order valence-electron chi connectivity index (χ0n) is 10.2. The number of fused-ring (bicyclic) bond motifs is 1. The molecule has 0 aliphatic rings. The standard InChI is InChI=1S/C13H13N3S2/c1-8-12(16-9(2)18-8)7-15-10-3-5-14-11-4-6-17-13(10)11/h3-6H,7H2,1-2H3,(H,14,15). The van der Waals surface area contributed by atoms with E-state index in [0.717, 1.165) is 28.5 Å². The quantitative estimate of drug-likeness (QED) is 0.785. The molecule has 0 spiro atoms. The van der Waals surface area contributed by atoms with Crippen molar-refractivity contribution in [3.8, 4) is 0 Å². The summed E-state index contributed by atoms with van der Waals surface area (Å²) in [4.78, 5) is 10.2. The van der Waals surface area contributed by atoms with Crippen LogP contribution in [0.25, 0.3) is 10.2 Å². The van der Waals surface area contributed by atoms with Gasteiger partial charge in [0.15, 0.2) is 0 Å². The molecule has 0 aliphatic carbocycles. The average Bonchev–Trinajstić information content (AvgIpc) is 2.93. The number of nitrogens with one attached hydrogen (secondary N) is 1. The summed E-state index contributed by atoms with van der Waals surface area (Å²) in [5, 5.41) is 6.65. The van der Waals surface area contributed by atoms with Gasteiger partial charge in [0.1, 0.15) is 0 Å². The van der Waals surface area contributed by atoms with E-state index in [2.05, 4.69) is 27.6 Å². The minimum absolute atomic E-state index is 0.771. The van der Waals surface area contributed by atoms with E-state index in [0.29, 0.717) is 0 Å². The summed E-state index contributed by atoms with van der Waals surface area (Å²) < 4.78 is 1.21. The molecule has 92 valence electrons. The Labute approximate surface area is 114 Å². The Morgan fingerprint density at radius 1 is 1.28 bits per heavy atom. The molecule has 3 nitrogen and oxygen atoms in total. The summed E-state index contributed by atoms with van der Waals surface area (Å²) in [5.41, 5.74) is 3.33. The van der Waals surface area contributed by atoms with Crippen molar-refractivity contribution in [3.05, 3.63) is 39.3 Å². The van der Waals surface area contributed by atoms with Gasteiger partial charge in [0.05, 0.1) is 33.2 Å². The smallest absolute Gasteiger partial charge is 0.0900 e. The van der Waals surface area contributed by atoms with Crippen molar-refractivity contribution in [3.63, 3.8) is 0 Å². The van der Waals surface area contributed by atoms with Crippen molar-refractivity contribution in [1.82, 2.24) is 9.97 Å². The fraction of sp³-hybridized carbons (Fsp3) is 0.231. The average molecular weight is 275 g/mol. The van der Waals surface area contributed by atoms with Gasteiger partial charge in [-0.2, -0.15) is 0 Å². The Balaban J connectivity index is 1.85. The van der Waals surface area contributed by atoms with Crippen LogP contribution in [0.2, 0.25) is 0 Å². The second-order valence-electron chi connectivity index (χ2n) is 4.08. The zero-order valence-corrected chi connectivity index (χ0v) is 11.9. The zero-order chi connectivity index (χ0) is 12.5. The lowest BCUT2D eigenvalue weighted by atomic mass is 10.3. The first-order chi connectivity index (χ1) is 8.74. The molecule has 0 fully saturated rings. The lowest BCUT2D eigenvalue weighted by Gasteiger charge is -2.06. The fourth-order valence-electron chi connectivity index (χ4n) is 1.93.